The van der Waals surface area contributed by atoms with Gasteiger partial charge in [0, 0.05) is 32.3 Å². The summed E-state index contributed by atoms with van der Waals surface area (Å²) in [7, 11) is -3.01. The van der Waals surface area contributed by atoms with Gasteiger partial charge in [0.25, 0.3) is 0 Å². The van der Waals surface area contributed by atoms with Gasteiger partial charge in [-0.25, -0.2) is 4.98 Å². The molecule has 1 aromatic heterocycles. The molecule has 0 radical (unpaired) electrons. The highest BCUT2D eigenvalue weighted by Crippen LogP contribution is 2.53. The molecule has 7 aromatic rings. The van der Waals surface area contributed by atoms with Gasteiger partial charge in [0.1, 0.15) is 0 Å². The van der Waals surface area contributed by atoms with E-state index >= 15 is 0 Å². The maximum atomic E-state index is 14.8. The topological polar surface area (TPSA) is 30.0 Å². The first-order valence-electron chi connectivity index (χ1n) is 15.4. The molecule has 0 bridgehead atoms. The highest BCUT2D eigenvalue weighted by atomic mass is 31.2. The summed E-state index contributed by atoms with van der Waals surface area (Å²) in [6.07, 6.45) is 0. The van der Waals surface area contributed by atoms with Crippen molar-refractivity contribution in [2.24, 2.45) is 0 Å². The second-order valence-corrected chi connectivity index (χ2v) is 15.1. The van der Waals surface area contributed by atoms with E-state index in [0.29, 0.717) is 0 Å². The molecule has 216 valence electrons. The van der Waals surface area contributed by atoms with Crippen molar-refractivity contribution in [3.05, 3.63) is 169 Å². The van der Waals surface area contributed by atoms with Crippen molar-refractivity contribution in [1.82, 2.24) is 4.98 Å². The molecule has 3 heteroatoms. The van der Waals surface area contributed by atoms with Crippen molar-refractivity contribution < 1.29 is 4.57 Å². The lowest BCUT2D eigenvalue weighted by atomic mass is 9.78. The molecule has 0 spiro atoms. The van der Waals surface area contributed by atoms with E-state index in [0.717, 1.165) is 38.3 Å². The highest BCUT2D eigenvalue weighted by Gasteiger charge is 2.39. The molecule has 1 aliphatic rings. The lowest BCUT2D eigenvalue weighted by molar-refractivity contribution is 0.592. The summed E-state index contributed by atoms with van der Waals surface area (Å²) in [5.74, 6) is 0. The molecule has 2 nitrogen and oxygen atoms in total. The first kappa shape index (κ1) is 27.5. The summed E-state index contributed by atoms with van der Waals surface area (Å²) in [5.41, 5.74) is 10.4. The van der Waals surface area contributed by atoms with Gasteiger partial charge in [0.2, 0.25) is 0 Å². The summed E-state index contributed by atoms with van der Waals surface area (Å²) < 4.78 is 14.8. The summed E-state index contributed by atoms with van der Waals surface area (Å²) in [5, 5.41) is 3.69. The van der Waals surface area contributed by atoms with E-state index < -0.39 is 7.14 Å². The highest BCUT2D eigenvalue weighted by molar-refractivity contribution is 7.85. The Kier molecular flexibility index (Phi) is 6.45. The van der Waals surface area contributed by atoms with E-state index in [2.05, 4.69) is 98.8 Å². The number of fused-ring (bicyclic) bond motifs is 4. The molecular formula is C42H32NOP. The molecule has 0 aliphatic heterocycles. The van der Waals surface area contributed by atoms with E-state index in [4.69, 9.17) is 4.98 Å². The lowest BCUT2D eigenvalue weighted by Gasteiger charge is -2.25. The zero-order chi connectivity index (χ0) is 30.6. The molecule has 0 saturated carbocycles. The van der Waals surface area contributed by atoms with E-state index in [9.17, 15) is 4.57 Å². The van der Waals surface area contributed by atoms with Crippen LogP contribution in [-0.4, -0.2) is 4.98 Å². The normalized spacial score (nSPS) is 13.4. The maximum absolute atomic E-state index is 14.8. The van der Waals surface area contributed by atoms with Gasteiger partial charge in [0.15, 0.2) is 7.14 Å². The Bertz CT molecular complexity index is 2190. The molecule has 0 unspecified atom stereocenters. The average molecular weight is 598 g/mol. The van der Waals surface area contributed by atoms with Gasteiger partial charge >= 0.3 is 0 Å². The molecule has 0 fully saturated rings. The molecule has 1 aliphatic carbocycles. The van der Waals surface area contributed by atoms with Gasteiger partial charge in [-0.05, 0) is 39.4 Å². The predicted molar refractivity (Wildman–Crippen MR) is 190 cm³/mol. The first-order chi connectivity index (χ1) is 22.0. The smallest absolute Gasteiger partial charge is 0.171 e. The zero-order valence-corrected chi connectivity index (χ0v) is 26.2. The maximum Gasteiger partial charge on any atom is 0.171 e. The van der Waals surface area contributed by atoms with Crippen molar-refractivity contribution in [3.8, 4) is 33.5 Å². The van der Waals surface area contributed by atoms with Crippen LogP contribution in [0.1, 0.15) is 25.0 Å². The molecule has 8 rings (SSSR count). The molecule has 6 aromatic carbocycles. The van der Waals surface area contributed by atoms with E-state index in [1.165, 1.54) is 33.2 Å². The fraction of sp³-hybridized carbons (Fsp3) is 0.0714. The quantitative estimate of drug-likeness (QED) is 0.185. The number of pyridine rings is 1. The minimum Gasteiger partial charge on any atom is -0.309 e. The van der Waals surface area contributed by atoms with Gasteiger partial charge in [0.05, 0.1) is 11.2 Å². The number of rotatable bonds is 5. The standard InChI is InChI=1S/C42H32NOP/c1-42(2)37-19-11-9-17-35(37)41-40(42)39(36-18-10-12-20-38(36)43-41)31-23-21-29(22-24-31)30-25-27-34(28-26-30)45(44,32-13-5-3-6-14-32)33-15-7-4-8-16-33/h3-28H,1-2H3. The SMILES string of the molecule is CC1(C)c2ccccc2-c2nc3ccccc3c(-c3ccc(-c4ccc(P(=O)(c5ccccc5)c5ccccc5)cc4)cc3)c21. The molecule has 0 atom stereocenters. The number of para-hydroxylation sites is 1. The van der Waals surface area contributed by atoms with Crippen molar-refractivity contribution in [2.75, 3.05) is 0 Å². The van der Waals surface area contributed by atoms with Crippen LogP contribution in [0.25, 0.3) is 44.4 Å². The lowest BCUT2D eigenvalue weighted by Crippen LogP contribution is -2.24. The van der Waals surface area contributed by atoms with Crippen LogP contribution in [0.5, 0.6) is 0 Å². The van der Waals surface area contributed by atoms with Crippen LogP contribution in [0.3, 0.4) is 0 Å². The van der Waals surface area contributed by atoms with Gasteiger partial charge in [-0.3, -0.25) is 0 Å². The van der Waals surface area contributed by atoms with Crippen molar-refractivity contribution in [3.63, 3.8) is 0 Å². The summed E-state index contributed by atoms with van der Waals surface area (Å²) in [6, 6.07) is 54.0. The third-order valence-electron chi connectivity index (χ3n) is 9.35. The molecule has 0 N–H and O–H groups in total. The molecular weight excluding hydrogens is 565 g/mol. The molecule has 0 saturated heterocycles. The number of benzene rings is 6. The van der Waals surface area contributed by atoms with Crippen LogP contribution in [0.4, 0.5) is 0 Å². The van der Waals surface area contributed by atoms with Crippen molar-refractivity contribution in [2.45, 2.75) is 19.3 Å². The fourth-order valence-corrected chi connectivity index (χ4v) is 9.75. The fourth-order valence-electron chi connectivity index (χ4n) is 7.10. The van der Waals surface area contributed by atoms with Gasteiger partial charge in [-0.2, -0.15) is 0 Å². The Morgan fingerprint density at radius 1 is 0.511 bits per heavy atom. The summed E-state index contributed by atoms with van der Waals surface area (Å²) in [4.78, 5) is 5.19. The monoisotopic (exact) mass is 597 g/mol. The Hall–Kier alpha value is -5.04. The largest absolute Gasteiger partial charge is 0.309 e. The van der Waals surface area contributed by atoms with Gasteiger partial charge in [-0.1, -0.05) is 166 Å². The van der Waals surface area contributed by atoms with Crippen molar-refractivity contribution >= 4 is 34.0 Å². The second kappa shape index (κ2) is 10.5. The minimum atomic E-state index is -3.01. The summed E-state index contributed by atoms with van der Waals surface area (Å²) in [6.45, 7) is 4.63. The van der Waals surface area contributed by atoms with E-state index in [1.54, 1.807) is 0 Å². The number of nitrogens with zero attached hydrogens (tertiary/aromatic N) is 1. The Morgan fingerprint density at radius 3 is 1.64 bits per heavy atom. The van der Waals surface area contributed by atoms with Crippen LogP contribution in [0, 0.1) is 0 Å². The Morgan fingerprint density at radius 2 is 1.00 bits per heavy atom. The first-order valence-corrected chi connectivity index (χ1v) is 17.1. The Balaban J connectivity index is 1.21. The third kappa shape index (κ3) is 4.32. The second-order valence-electron chi connectivity index (χ2n) is 12.3. The van der Waals surface area contributed by atoms with Gasteiger partial charge < -0.3 is 4.57 Å². The van der Waals surface area contributed by atoms with E-state index in [1.807, 2.05) is 72.8 Å². The molecule has 1 heterocycles. The third-order valence-corrected chi connectivity index (χ3v) is 12.4. The van der Waals surface area contributed by atoms with Crippen LogP contribution in [-0.2, 0) is 9.98 Å². The number of hydrogen-bond acceptors (Lipinski definition) is 2. The minimum absolute atomic E-state index is 0.168. The molecule has 45 heavy (non-hydrogen) atoms. The van der Waals surface area contributed by atoms with E-state index in [-0.39, 0.29) is 5.41 Å². The van der Waals surface area contributed by atoms with Crippen LogP contribution in [0.15, 0.2) is 158 Å². The van der Waals surface area contributed by atoms with Gasteiger partial charge in [-0.15, -0.1) is 0 Å². The van der Waals surface area contributed by atoms with Crippen LogP contribution in [0.2, 0.25) is 0 Å². The van der Waals surface area contributed by atoms with Crippen LogP contribution < -0.4 is 15.9 Å². The number of aromatic nitrogens is 1. The Labute approximate surface area is 264 Å². The summed E-state index contributed by atoms with van der Waals surface area (Å²) >= 11 is 0. The molecule has 0 amide bonds. The van der Waals surface area contributed by atoms with Crippen LogP contribution >= 0.6 is 7.14 Å². The average Bonchev–Trinajstić information content (AvgIpc) is 3.33. The predicted octanol–water partition coefficient (Wildman–Crippen LogP) is 9.51. The van der Waals surface area contributed by atoms with Crippen molar-refractivity contribution in [1.29, 1.82) is 0 Å². The zero-order valence-electron chi connectivity index (χ0n) is 25.3. The number of hydrogen-bond donors (Lipinski definition) is 0.